The zero-order chi connectivity index (χ0) is 2.00. The van der Waals surface area contributed by atoms with Crippen LogP contribution in [0.3, 0.4) is 0 Å². The molecule has 0 fully saturated rings. The van der Waals surface area contributed by atoms with E-state index < -0.39 is 0 Å². The molecule has 0 bridgehead atoms. The van der Waals surface area contributed by atoms with Crippen LogP contribution in [0.15, 0.2) is 0 Å². The quantitative estimate of drug-likeness (QED) is 0.308. The van der Waals surface area contributed by atoms with Crippen LogP contribution in [0.5, 0.6) is 0 Å². The summed E-state index contributed by atoms with van der Waals surface area (Å²) < 4.78 is 0. The summed E-state index contributed by atoms with van der Waals surface area (Å²) in [5.74, 6) is 0. The number of rotatable bonds is 0. The van der Waals surface area contributed by atoms with Crippen molar-refractivity contribution < 1.29 is 63.3 Å². The predicted molar refractivity (Wildman–Crippen MR) is 11.5 cm³/mol. The van der Waals surface area contributed by atoms with Gasteiger partial charge in [0, 0.05) is 0 Å². The number of hydrogen-bond acceptors (Lipinski definition) is 3. The molecule has 0 aliphatic carbocycles. The maximum absolute atomic E-state index is 3.96. The minimum absolute atomic E-state index is 0. The summed E-state index contributed by atoms with van der Waals surface area (Å²) in [6, 6.07) is 0. The maximum atomic E-state index is 3.96. The molecular weight excluding hydrogens is 130 g/mol. The second-order valence-corrected chi connectivity index (χ2v) is 0. The van der Waals surface area contributed by atoms with E-state index in [2.05, 4.69) is 25.1 Å². The Morgan fingerprint density at radius 2 is 0.833 bits per heavy atom. The van der Waals surface area contributed by atoms with Crippen LogP contribution in [-0.2, 0) is 14.6 Å². The Hall–Kier alpha value is 1.87. The fourth-order valence-corrected chi connectivity index (χ4v) is 0. The van der Waals surface area contributed by atoms with E-state index in [-0.39, 0.29) is 48.7 Å². The normalized spacial score (nSPS) is 0.667. The Morgan fingerprint density at radius 3 is 0.833 bits per heavy atom. The molecule has 0 aromatic carbocycles. The molecule has 0 spiro atoms. The van der Waals surface area contributed by atoms with Crippen molar-refractivity contribution >= 4 is 10.5 Å². The van der Waals surface area contributed by atoms with Gasteiger partial charge in [-0.3, -0.25) is 0 Å². The fraction of sp³-hybridized carbons (Fsp3) is 0. The topological polar surface area (TPSA) is 60.0 Å². The van der Waals surface area contributed by atoms with Crippen molar-refractivity contribution in [3.63, 3.8) is 0 Å². The van der Waals surface area contributed by atoms with Gasteiger partial charge in [0.2, 0.25) is 0 Å². The van der Waals surface area contributed by atoms with Crippen molar-refractivity contribution in [3.05, 3.63) is 0 Å². The molecule has 0 radical (unpaired) electrons. The predicted octanol–water partition coefficient (Wildman–Crippen LogP) is -5.70. The van der Waals surface area contributed by atoms with Gasteiger partial charge < -0.3 is 11.0 Å². The molecule has 0 aliphatic heterocycles. The molecule has 0 aromatic heterocycles. The second kappa shape index (κ2) is 67.8. The zero-order valence-corrected chi connectivity index (χ0v) is 5.80. The summed E-state index contributed by atoms with van der Waals surface area (Å²) in [5.41, 5.74) is 0. The molecule has 6 heteroatoms. The zero-order valence-electron chi connectivity index (χ0n) is 3.71. The summed E-state index contributed by atoms with van der Waals surface area (Å²) in [6.45, 7) is 0. The first kappa shape index (κ1) is 45.1. The van der Waals surface area contributed by atoms with Crippen molar-refractivity contribution in [1.82, 2.24) is 0 Å². The summed E-state index contributed by atoms with van der Waals surface area (Å²) in [6.07, 6.45) is 0. The van der Waals surface area contributed by atoms with Crippen molar-refractivity contribution in [2.24, 2.45) is 0 Å². The van der Waals surface area contributed by atoms with Crippen LogP contribution >= 0.6 is 10.5 Å². The summed E-state index contributed by atoms with van der Waals surface area (Å²) in [5, 5.41) is 0. The fourth-order valence-electron chi connectivity index (χ4n) is 0. The Labute approximate surface area is 73.3 Å². The third-order valence-corrected chi connectivity index (χ3v) is 0. The molecule has 2 N–H and O–H groups in total. The molecule has 0 saturated carbocycles. The summed E-state index contributed by atoms with van der Waals surface area (Å²) in [4.78, 5) is 0. The van der Waals surface area contributed by atoms with Gasteiger partial charge in [0.15, 0.2) is 0 Å². The third kappa shape index (κ3) is 39.9. The third-order valence-electron chi connectivity index (χ3n) is 0. The second-order valence-electron chi connectivity index (χ2n) is 0. The molecule has 0 amide bonds. The van der Waals surface area contributed by atoms with Gasteiger partial charge in [0.25, 0.3) is 0 Å². The van der Waals surface area contributed by atoms with Gasteiger partial charge in [-0.05, 0) is 0 Å². The van der Waals surface area contributed by atoms with Crippen LogP contribution in [0.4, 0.5) is 0 Å². The van der Waals surface area contributed by atoms with Crippen LogP contribution in [0.1, 0.15) is 0 Å². The van der Waals surface area contributed by atoms with E-state index in [9.17, 15) is 0 Å². The molecule has 2 nitrogen and oxygen atoms in total. The van der Waals surface area contributed by atoms with Crippen molar-refractivity contribution in [1.29, 1.82) is 0 Å². The molecular formula is H2CrLi2O2S. The van der Waals surface area contributed by atoms with Crippen LogP contribution in [0, 0.1) is 0 Å². The van der Waals surface area contributed by atoms with Crippen molar-refractivity contribution in [3.8, 4) is 0 Å². The van der Waals surface area contributed by atoms with E-state index in [1.54, 1.807) is 0 Å². The molecule has 0 heterocycles. The van der Waals surface area contributed by atoms with Crippen LogP contribution < -0.4 is 37.7 Å². The first-order valence-corrected chi connectivity index (χ1v) is 2.06. The molecule has 0 aliphatic rings. The molecule has 0 rings (SSSR count). The molecule has 0 unspecified atom stereocenters. The molecule has 0 saturated heterocycles. The van der Waals surface area contributed by atoms with E-state index in [4.69, 9.17) is 0 Å². The number of hydrogen-bond donors (Lipinski definition) is 0. The van der Waals surface area contributed by atoms with Gasteiger partial charge in [-0.15, -0.1) is 0 Å². The Kier molecular flexibility index (Phi) is 510. The summed E-state index contributed by atoms with van der Waals surface area (Å²) >= 11 is 2.21. The molecule has 0 atom stereocenters. The average Bonchev–Trinajstić information content (AvgIpc) is 1.00. The minimum atomic E-state index is 0. The molecule has 6 heavy (non-hydrogen) atoms. The van der Waals surface area contributed by atoms with E-state index in [0.717, 1.165) is 0 Å². The SMILES string of the molecule is [Li+].[Li+].[OH-].[OH-].[S]=[Cr]. The molecule has 28 valence electrons. The standard InChI is InChI=1S/Cr.2Li.2H2O.S/h;;;2*1H2;/q;2*+1;;;/p-2. The van der Waals surface area contributed by atoms with Crippen molar-refractivity contribution in [2.75, 3.05) is 0 Å². The van der Waals surface area contributed by atoms with Gasteiger partial charge in [-0.1, -0.05) is 0 Å². The Bertz CT molecular complexity index is 11.5. The molecule has 0 aromatic rings. The van der Waals surface area contributed by atoms with Gasteiger partial charge in [0.05, 0.1) is 0 Å². The van der Waals surface area contributed by atoms with E-state index in [1.807, 2.05) is 0 Å². The van der Waals surface area contributed by atoms with Gasteiger partial charge in [-0.25, -0.2) is 0 Å². The van der Waals surface area contributed by atoms with Crippen LogP contribution in [0.25, 0.3) is 0 Å². The first-order valence-electron chi connectivity index (χ1n) is 0.167. The van der Waals surface area contributed by atoms with Crippen LogP contribution in [-0.4, -0.2) is 11.0 Å². The van der Waals surface area contributed by atoms with Gasteiger partial charge >= 0.3 is 62.9 Å². The van der Waals surface area contributed by atoms with Gasteiger partial charge in [-0.2, -0.15) is 0 Å². The van der Waals surface area contributed by atoms with Crippen molar-refractivity contribution in [2.45, 2.75) is 0 Å². The average molecular weight is 132 g/mol. The van der Waals surface area contributed by atoms with Gasteiger partial charge in [0.1, 0.15) is 0 Å². The van der Waals surface area contributed by atoms with E-state index >= 15 is 0 Å². The first-order chi connectivity index (χ1) is 1.00. The van der Waals surface area contributed by atoms with Crippen LogP contribution in [0.2, 0.25) is 0 Å². The summed E-state index contributed by atoms with van der Waals surface area (Å²) in [7, 11) is 3.96. The Balaban J connectivity index is -0.000000000833. The van der Waals surface area contributed by atoms with E-state index in [1.165, 1.54) is 0 Å². The van der Waals surface area contributed by atoms with E-state index in [0.29, 0.717) is 0 Å². The Morgan fingerprint density at radius 1 is 0.833 bits per heavy atom. The monoisotopic (exact) mass is 132 g/mol.